The second-order valence-electron chi connectivity index (χ2n) is 6.61. The van der Waals surface area contributed by atoms with Crippen molar-refractivity contribution in [3.63, 3.8) is 0 Å². The highest BCUT2D eigenvalue weighted by atomic mass is 32.2. The van der Waals surface area contributed by atoms with Crippen molar-refractivity contribution >= 4 is 38.1 Å². The van der Waals surface area contributed by atoms with E-state index in [0.29, 0.717) is 5.69 Å². The molecular weight excluding hydrogens is 398 g/mol. The normalized spacial score (nSPS) is 11.4. The third-order valence-corrected chi connectivity index (χ3v) is 5.61. The average molecular weight is 418 g/mol. The van der Waals surface area contributed by atoms with Gasteiger partial charge in [0.2, 0.25) is 15.9 Å². The molecule has 3 rings (SSSR count). The van der Waals surface area contributed by atoms with Gasteiger partial charge < -0.3 is 5.32 Å². The third-order valence-electron chi connectivity index (χ3n) is 4.42. The molecule has 0 radical (unpaired) electrons. The van der Waals surface area contributed by atoms with Gasteiger partial charge in [-0.25, -0.2) is 17.2 Å². The maximum Gasteiger partial charge on any atom is 0.232 e. The van der Waals surface area contributed by atoms with Gasteiger partial charge in [0.25, 0.3) is 0 Å². The van der Waals surface area contributed by atoms with E-state index in [4.69, 9.17) is 0 Å². The maximum absolute atomic E-state index is 13.5. The fourth-order valence-corrected chi connectivity index (χ4v) is 4.01. The van der Waals surface area contributed by atoms with Crippen LogP contribution in [-0.4, -0.2) is 27.1 Å². The monoisotopic (exact) mass is 418 g/mol. The van der Waals surface area contributed by atoms with Crippen LogP contribution in [0.2, 0.25) is 0 Å². The summed E-state index contributed by atoms with van der Waals surface area (Å²) < 4.78 is 51.7. The number of hydrogen-bond donors (Lipinski definition) is 1. The summed E-state index contributed by atoms with van der Waals surface area (Å²) in [6.45, 7) is -0.0349. The van der Waals surface area contributed by atoms with E-state index in [2.05, 4.69) is 5.32 Å². The van der Waals surface area contributed by atoms with Crippen LogP contribution >= 0.6 is 0 Å². The standard InChI is InChI=1S/C21H20F2N2O3S/c1-29(27,28)25(16-11-12-18(22)19(23)14-16)13-5-10-21(26)24-20-9-4-7-15-6-2-3-8-17(15)20/h2-4,6-9,11-12,14H,5,10,13H2,1H3,(H,24,26). The van der Waals surface area contributed by atoms with Crippen LogP contribution in [0.5, 0.6) is 0 Å². The summed E-state index contributed by atoms with van der Waals surface area (Å²) in [6, 6.07) is 16.1. The zero-order chi connectivity index (χ0) is 21.0. The van der Waals surface area contributed by atoms with E-state index in [1.54, 1.807) is 6.07 Å². The van der Waals surface area contributed by atoms with Gasteiger partial charge in [-0.15, -0.1) is 0 Å². The van der Waals surface area contributed by atoms with Crippen molar-refractivity contribution in [1.29, 1.82) is 0 Å². The largest absolute Gasteiger partial charge is 0.326 e. The van der Waals surface area contributed by atoms with Gasteiger partial charge in [-0.3, -0.25) is 9.10 Å². The Morgan fingerprint density at radius 1 is 1.00 bits per heavy atom. The first kappa shape index (κ1) is 20.7. The van der Waals surface area contributed by atoms with Gasteiger partial charge in [0.15, 0.2) is 11.6 Å². The van der Waals surface area contributed by atoms with Crippen molar-refractivity contribution in [3.05, 3.63) is 72.3 Å². The first-order valence-electron chi connectivity index (χ1n) is 8.96. The molecule has 0 aromatic heterocycles. The molecule has 29 heavy (non-hydrogen) atoms. The van der Waals surface area contributed by atoms with E-state index in [1.807, 2.05) is 36.4 Å². The van der Waals surface area contributed by atoms with E-state index in [1.165, 1.54) is 6.07 Å². The summed E-state index contributed by atoms with van der Waals surface area (Å²) in [5, 5.41) is 4.74. The predicted molar refractivity (Wildman–Crippen MR) is 110 cm³/mol. The Morgan fingerprint density at radius 3 is 2.45 bits per heavy atom. The molecule has 0 aliphatic rings. The third kappa shape index (κ3) is 5.08. The van der Waals surface area contributed by atoms with Crippen LogP contribution in [0.3, 0.4) is 0 Å². The topological polar surface area (TPSA) is 66.5 Å². The molecule has 1 N–H and O–H groups in total. The fraction of sp³-hybridized carbons (Fsp3) is 0.190. The van der Waals surface area contributed by atoms with Crippen molar-refractivity contribution in [2.45, 2.75) is 12.8 Å². The van der Waals surface area contributed by atoms with E-state index in [-0.39, 0.29) is 31.0 Å². The molecule has 3 aromatic rings. The number of rotatable bonds is 7. The highest BCUT2D eigenvalue weighted by Crippen LogP contribution is 2.24. The molecule has 3 aromatic carbocycles. The molecule has 8 heteroatoms. The lowest BCUT2D eigenvalue weighted by molar-refractivity contribution is -0.116. The van der Waals surface area contributed by atoms with E-state index < -0.39 is 21.7 Å². The number of carbonyl (C=O) groups excluding carboxylic acids is 1. The van der Waals surface area contributed by atoms with Crippen molar-refractivity contribution in [1.82, 2.24) is 0 Å². The van der Waals surface area contributed by atoms with Gasteiger partial charge in [-0.2, -0.15) is 0 Å². The average Bonchev–Trinajstić information content (AvgIpc) is 2.67. The summed E-state index contributed by atoms with van der Waals surface area (Å²) in [6.07, 6.45) is 1.26. The van der Waals surface area contributed by atoms with Crippen LogP contribution < -0.4 is 9.62 Å². The van der Waals surface area contributed by atoms with Gasteiger partial charge in [0.05, 0.1) is 11.9 Å². The van der Waals surface area contributed by atoms with Crippen LogP contribution in [0.15, 0.2) is 60.7 Å². The van der Waals surface area contributed by atoms with Gasteiger partial charge in [-0.1, -0.05) is 36.4 Å². The summed E-state index contributed by atoms with van der Waals surface area (Å²) >= 11 is 0. The van der Waals surface area contributed by atoms with Crippen molar-refractivity contribution < 1.29 is 22.0 Å². The first-order valence-corrected chi connectivity index (χ1v) is 10.8. The number of fused-ring (bicyclic) bond motifs is 1. The molecule has 0 unspecified atom stereocenters. The van der Waals surface area contributed by atoms with Gasteiger partial charge >= 0.3 is 0 Å². The molecule has 0 saturated carbocycles. The minimum Gasteiger partial charge on any atom is -0.326 e. The van der Waals surface area contributed by atoms with E-state index in [0.717, 1.165) is 33.5 Å². The summed E-state index contributed by atoms with van der Waals surface area (Å²) in [5.41, 5.74) is 0.689. The summed E-state index contributed by atoms with van der Waals surface area (Å²) in [7, 11) is -3.72. The second kappa shape index (κ2) is 8.57. The highest BCUT2D eigenvalue weighted by molar-refractivity contribution is 7.92. The number of carbonyl (C=O) groups is 1. The molecule has 0 heterocycles. The number of sulfonamides is 1. The Kier molecular flexibility index (Phi) is 6.12. The van der Waals surface area contributed by atoms with Crippen LogP contribution in [-0.2, 0) is 14.8 Å². The van der Waals surface area contributed by atoms with E-state index in [9.17, 15) is 22.0 Å². The SMILES string of the molecule is CS(=O)(=O)N(CCCC(=O)Nc1cccc2ccccc12)c1ccc(F)c(F)c1. The Bertz CT molecular complexity index is 1140. The number of anilines is 2. The molecule has 0 saturated heterocycles. The Labute approximate surface area is 168 Å². The molecule has 0 bridgehead atoms. The number of benzene rings is 3. The molecule has 1 amide bonds. The lowest BCUT2D eigenvalue weighted by atomic mass is 10.1. The number of nitrogens with zero attached hydrogens (tertiary/aromatic N) is 1. The maximum atomic E-state index is 13.5. The number of halogens is 2. The minimum absolute atomic E-state index is 0.0147. The molecule has 0 atom stereocenters. The molecule has 0 fully saturated rings. The molecule has 152 valence electrons. The van der Waals surface area contributed by atoms with Crippen LogP contribution in [0.4, 0.5) is 20.2 Å². The van der Waals surface area contributed by atoms with Crippen LogP contribution in [0.1, 0.15) is 12.8 Å². The molecule has 0 aliphatic heterocycles. The number of hydrogen-bond acceptors (Lipinski definition) is 3. The fourth-order valence-electron chi connectivity index (χ4n) is 3.06. The minimum atomic E-state index is -3.72. The quantitative estimate of drug-likeness (QED) is 0.622. The second-order valence-corrected chi connectivity index (χ2v) is 8.52. The smallest absolute Gasteiger partial charge is 0.232 e. The zero-order valence-corrected chi connectivity index (χ0v) is 16.5. The van der Waals surface area contributed by atoms with Crippen LogP contribution in [0.25, 0.3) is 10.8 Å². The zero-order valence-electron chi connectivity index (χ0n) is 15.7. The van der Waals surface area contributed by atoms with Crippen LogP contribution in [0, 0.1) is 11.6 Å². The molecule has 0 aliphatic carbocycles. The van der Waals surface area contributed by atoms with Crippen molar-refractivity contribution in [3.8, 4) is 0 Å². The Hall–Kier alpha value is -3.00. The van der Waals surface area contributed by atoms with Gasteiger partial charge in [0.1, 0.15) is 0 Å². The van der Waals surface area contributed by atoms with E-state index >= 15 is 0 Å². The lowest BCUT2D eigenvalue weighted by Gasteiger charge is -2.22. The van der Waals surface area contributed by atoms with Crippen molar-refractivity contribution in [2.75, 3.05) is 22.4 Å². The first-order chi connectivity index (χ1) is 13.8. The van der Waals surface area contributed by atoms with Gasteiger partial charge in [0, 0.05) is 30.1 Å². The predicted octanol–water partition coefficient (Wildman–Crippen LogP) is 4.30. The summed E-state index contributed by atoms with van der Waals surface area (Å²) in [5.74, 6) is -2.46. The number of amides is 1. The molecule has 5 nitrogen and oxygen atoms in total. The van der Waals surface area contributed by atoms with Gasteiger partial charge in [-0.05, 0) is 30.0 Å². The molecular formula is C21H20F2N2O3S. The Balaban J connectivity index is 1.66. The lowest BCUT2D eigenvalue weighted by Crippen LogP contribution is -2.31. The summed E-state index contributed by atoms with van der Waals surface area (Å²) in [4.78, 5) is 12.3. The van der Waals surface area contributed by atoms with Crippen molar-refractivity contribution in [2.24, 2.45) is 0 Å². The number of nitrogens with one attached hydrogen (secondary N) is 1. The highest BCUT2D eigenvalue weighted by Gasteiger charge is 2.19. The Morgan fingerprint density at radius 2 is 1.72 bits per heavy atom. The molecule has 0 spiro atoms.